The predicted octanol–water partition coefficient (Wildman–Crippen LogP) is 5.10. The van der Waals surface area contributed by atoms with Crippen molar-refractivity contribution >= 4 is 35.1 Å². The van der Waals surface area contributed by atoms with Crippen molar-refractivity contribution in [3.63, 3.8) is 0 Å². The van der Waals surface area contributed by atoms with Crippen LogP contribution in [0, 0.1) is 0 Å². The molecular formula is C40H41N7O5. The minimum Gasteiger partial charge on any atom is -0.507 e. The minimum atomic E-state index is -0.968. The van der Waals surface area contributed by atoms with Gasteiger partial charge < -0.3 is 21.1 Å². The van der Waals surface area contributed by atoms with Gasteiger partial charge in [0.05, 0.1) is 16.8 Å². The van der Waals surface area contributed by atoms with Gasteiger partial charge in [0.25, 0.3) is 11.8 Å². The molecule has 52 heavy (non-hydrogen) atoms. The average Bonchev–Trinajstić information content (AvgIpc) is 3.40. The van der Waals surface area contributed by atoms with Crippen molar-refractivity contribution in [2.24, 2.45) is 0 Å². The molecule has 2 saturated heterocycles. The fourth-order valence-electron chi connectivity index (χ4n) is 8.37. The second-order valence-electron chi connectivity index (χ2n) is 14.3. The first-order valence-electron chi connectivity index (χ1n) is 18.1. The Labute approximate surface area is 301 Å². The third kappa shape index (κ3) is 6.38. The summed E-state index contributed by atoms with van der Waals surface area (Å²) >= 11 is 0. The van der Waals surface area contributed by atoms with Crippen LogP contribution in [0.3, 0.4) is 0 Å². The maximum atomic E-state index is 13.3. The van der Waals surface area contributed by atoms with E-state index in [4.69, 9.17) is 5.73 Å². The fourth-order valence-corrected chi connectivity index (χ4v) is 8.37. The number of likely N-dealkylation sites (tertiary alicyclic amines) is 1. The van der Waals surface area contributed by atoms with E-state index in [0.717, 1.165) is 73.3 Å². The van der Waals surface area contributed by atoms with Crippen molar-refractivity contribution in [2.75, 3.05) is 24.1 Å². The Morgan fingerprint density at radius 3 is 2.21 bits per heavy atom. The highest BCUT2D eigenvalue weighted by atomic mass is 16.3. The highest BCUT2D eigenvalue weighted by Gasteiger charge is 2.44. The van der Waals surface area contributed by atoms with Gasteiger partial charge in [0.15, 0.2) is 5.82 Å². The van der Waals surface area contributed by atoms with Crippen molar-refractivity contribution in [2.45, 2.75) is 75.4 Å². The molecular weight excluding hydrogens is 658 g/mol. The molecule has 0 spiro atoms. The number of anilines is 2. The largest absolute Gasteiger partial charge is 0.507 e. The van der Waals surface area contributed by atoms with Crippen LogP contribution in [0.25, 0.3) is 22.4 Å². The SMILES string of the molecule is Nc1nnc(-c2ccccc2O)cc1-c1ccc(C2CCN(C3CCC(Nc4ccc5c(c4)C(=O)N(C4CCC(=O)NC4=O)C5=O)CC3)CC2)cc1. The van der Waals surface area contributed by atoms with Crippen molar-refractivity contribution in [3.05, 3.63) is 89.5 Å². The monoisotopic (exact) mass is 699 g/mol. The molecule has 4 aliphatic rings. The summed E-state index contributed by atoms with van der Waals surface area (Å²) in [6.07, 6.45) is 6.64. The zero-order valence-corrected chi connectivity index (χ0v) is 28.8. The fraction of sp³-hybridized carbons (Fsp3) is 0.350. The molecule has 1 aliphatic carbocycles. The van der Waals surface area contributed by atoms with Gasteiger partial charge in [-0.05, 0) is 111 Å². The van der Waals surface area contributed by atoms with E-state index in [-0.39, 0.29) is 30.5 Å². The first-order valence-corrected chi connectivity index (χ1v) is 18.1. The van der Waals surface area contributed by atoms with Gasteiger partial charge in [0, 0.05) is 35.3 Å². The van der Waals surface area contributed by atoms with E-state index in [1.165, 1.54) is 5.56 Å². The Morgan fingerprint density at radius 1 is 0.750 bits per heavy atom. The third-order valence-electron chi connectivity index (χ3n) is 11.2. The van der Waals surface area contributed by atoms with Crippen LogP contribution >= 0.6 is 0 Å². The maximum Gasteiger partial charge on any atom is 0.262 e. The summed E-state index contributed by atoms with van der Waals surface area (Å²) in [6, 6.07) is 22.6. The van der Waals surface area contributed by atoms with Crippen LogP contribution in [0.15, 0.2) is 72.8 Å². The number of nitrogens with zero attached hydrogens (tertiary/aromatic N) is 4. The van der Waals surface area contributed by atoms with Crippen LogP contribution in [0.2, 0.25) is 0 Å². The molecule has 266 valence electrons. The van der Waals surface area contributed by atoms with Gasteiger partial charge in [0.1, 0.15) is 11.8 Å². The lowest BCUT2D eigenvalue weighted by Gasteiger charge is -2.41. The molecule has 12 nitrogen and oxygen atoms in total. The Kier molecular flexibility index (Phi) is 8.92. The van der Waals surface area contributed by atoms with Gasteiger partial charge in [0.2, 0.25) is 11.8 Å². The van der Waals surface area contributed by atoms with Gasteiger partial charge >= 0.3 is 0 Å². The van der Waals surface area contributed by atoms with Crippen LogP contribution in [-0.2, 0) is 9.59 Å². The molecule has 1 aromatic heterocycles. The first-order chi connectivity index (χ1) is 25.2. The molecule has 5 N–H and O–H groups in total. The lowest BCUT2D eigenvalue weighted by Crippen LogP contribution is -2.54. The van der Waals surface area contributed by atoms with E-state index in [0.29, 0.717) is 40.2 Å². The van der Waals surface area contributed by atoms with Gasteiger partial charge in [-0.25, -0.2) is 0 Å². The van der Waals surface area contributed by atoms with Crippen LogP contribution in [0.1, 0.15) is 83.6 Å². The Bertz CT molecular complexity index is 2050. The van der Waals surface area contributed by atoms with Gasteiger partial charge in [-0.1, -0.05) is 36.4 Å². The summed E-state index contributed by atoms with van der Waals surface area (Å²) in [5.74, 6) is -0.983. The highest BCUT2D eigenvalue weighted by Crippen LogP contribution is 2.36. The standard InChI is InChI=1S/C40H41N7O5/c41-37-31(22-33(44-45-37)30-3-1-2-4-35(30)48)25-7-5-23(6-8-25)24-17-19-46(20-18-24)28-12-9-26(10-13-28)42-27-11-14-29-32(21-27)40(52)47(39(29)51)34-15-16-36(49)43-38(34)50/h1-8,11,14,21-22,24,26,28,34,42,48H,9-10,12-13,15-20H2,(H2,41,45)(H,43,49,50). The van der Waals surface area contributed by atoms with Crippen LogP contribution in [0.5, 0.6) is 5.75 Å². The Morgan fingerprint density at radius 2 is 1.48 bits per heavy atom. The zero-order valence-electron chi connectivity index (χ0n) is 28.8. The third-order valence-corrected chi connectivity index (χ3v) is 11.2. The molecule has 1 unspecified atom stereocenters. The number of imide groups is 2. The van der Waals surface area contributed by atoms with Gasteiger partial charge in [-0.2, -0.15) is 0 Å². The minimum absolute atomic E-state index is 0.0955. The van der Waals surface area contributed by atoms with E-state index in [1.807, 2.05) is 24.3 Å². The lowest BCUT2D eigenvalue weighted by atomic mass is 9.85. The number of amides is 4. The lowest BCUT2D eigenvalue weighted by molar-refractivity contribution is -0.136. The van der Waals surface area contributed by atoms with Crippen molar-refractivity contribution in [1.29, 1.82) is 0 Å². The number of aromatic hydroxyl groups is 1. The number of para-hydroxylation sites is 1. The number of nitrogens with two attached hydrogens (primary N) is 1. The topological polar surface area (TPSA) is 171 Å². The zero-order chi connectivity index (χ0) is 35.9. The normalized spacial score (nSPS) is 22.7. The number of nitrogens with one attached hydrogen (secondary N) is 2. The number of phenolic OH excluding ortho intramolecular Hbond substituents is 1. The van der Waals surface area contributed by atoms with Crippen LogP contribution in [-0.4, -0.2) is 79.9 Å². The van der Waals surface area contributed by atoms with Crippen LogP contribution < -0.4 is 16.4 Å². The first kappa shape index (κ1) is 33.5. The molecule has 3 aromatic carbocycles. The van der Waals surface area contributed by atoms with E-state index in [9.17, 15) is 24.3 Å². The number of benzene rings is 3. The number of aromatic nitrogens is 2. The number of phenols is 1. The average molecular weight is 700 g/mol. The number of fused-ring (bicyclic) bond motifs is 1. The van der Waals surface area contributed by atoms with Gasteiger partial charge in [-0.15, -0.1) is 10.2 Å². The molecule has 8 rings (SSSR count). The van der Waals surface area contributed by atoms with Crippen LogP contribution in [0.4, 0.5) is 11.5 Å². The second kappa shape index (κ2) is 13.8. The highest BCUT2D eigenvalue weighted by molar-refractivity contribution is 6.23. The number of carbonyl (C=O) groups is 4. The summed E-state index contributed by atoms with van der Waals surface area (Å²) in [5, 5.41) is 24.5. The molecule has 12 heteroatoms. The Hall–Kier alpha value is -5.62. The Balaban J connectivity index is 0.833. The van der Waals surface area contributed by atoms with Gasteiger partial charge in [-0.3, -0.25) is 29.4 Å². The van der Waals surface area contributed by atoms with E-state index in [2.05, 4.69) is 50.0 Å². The maximum absolute atomic E-state index is 13.3. The summed E-state index contributed by atoms with van der Waals surface area (Å²) in [6.45, 7) is 2.12. The summed E-state index contributed by atoms with van der Waals surface area (Å²) in [5.41, 5.74) is 11.9. The molecule has 3 fully saturated rings. The van der Waals surface area contributed by atoms with E-state index >= 15 is 0 Å². The predicted molar refractivity (Wildman–Crippen MR) is 195 cm³/mol. The molecule has 1 saturated carbocycles. The van der Waals surface area contributed by atoms with Crippen molar-refractivity contribution in [3.8, 4) is 28.1 Å². The summed E-state index contributed by atoms with van der Waals surface area (Å²) in [4.78, 5) is 53.9. The number of piperidine rings is 2. The molecule has 4 amide bonds. The summed E-state index contributed by atoms with van der Waals surface area (Å²) in [7, 11) is 0. The molecule has 4 heterocycles. The number of rotatable bonds is 7. The molecule has 1 atom stereocenters. The second-order valence-corrected chi connectivity index (χ2v) is 14.3. The quantitative estimate of drug-likeness (QED) is 0.190. The molecule has 3 aliphatic heterocycles. The smallest absolute Gasteiger partial charge is 0.262 e. The number of hydrogen-bond donors (Lipinski definition) is 4. The number of carbonyl (C=O) groups excluding carboxylic acids is 4. The van der Waals surface area contributed by atoms with Crippen molar-refractivity contribution < 1.29 is 24.3 Å². The van der Waals surface area contributed by atoms with E-state index < -0.39 is 23.8 Å². The number of nitrogen functional groups attached to an aromatic ring is 1. The summed E-state index contributed by atoms with van der Waals surface area (Å²) < 4.78 is 0. The van der Waals surface area contributed by atoms with E-state index in [1.54, 1.807) is 24.3 Å². The molecule has 4 aromatic rings. The molecule has 0 radical (unpaired) electrons. The molecule has 0 bridgehead atoms. The van der Waals surface area contributed by atoms with Crippen molar-refractivity contribution in [1.82, 2.24) is 25.3 Å². The number of hydrogen-bond acceptors (Lipinski definition) is 10.